The Morgan fingerprint density at radius 3 is 2.58 bits per heavy atom. The number of hydrogen-bond donors (Lipinski definition) is 2. The van der Waals surface area contributed by atoms with Gasteiger partial charge in [0.05, 0.1) is 17.8 Å². The van der Waals surface area contributed by atoms with Gasteiger partial charge in [0, 0.05) is 30.0 Å². The Hall–Kier alpha value is -2.22. The first-order valence-corrected chi connectivity index (χ1v) is 10.9. The summed E-state index contributed by atoms with van der Waals surface area (Å²) in [4.78, 5) is 4.69. The van der Waals surface area contributed by atoms with E-state index in [1.54, 1.807) is 12.3 Å². The van der Waals surface area contributed by atoms with E-state index in [0.29, 0.717) is 9.92 Å². The van der Waals surface area contributed by atoms with Crippen LogP contribution in [0.4, 0.5) is 13.2 Å². The Morgan fingerprint density at radius 1 is 1.21 bits per heavy atom. The van der Waals surface area contributed by atoms with Gasteiger partial charge in [0.1, 0.15) is 35.5 Å². The van der Waals surface area contributed by atoms with Gasteiger partial charge in [-0.15, -0.1) is 5.10 Å². The molecule has 0 aliphatic carbocycles. The van der Waals surface area contributed by atoms with Crippen LogP contribution >= 0.6 is 23.4 Å². The molecule has 33 heavy (non-hydrogen) atoms. The normalized spacial score (nSPS) is 25.4. The van der Waals surface area contributed by atoms with Gasteiger partial charge in [-0.2, -0.15) is 0 Å². The van der Waals surface area contributed by atoms with Crippen LogP contribution in [-0.4, -0.2) is 67.7 Å². The van der Waals surface area contributed by atoms with E-state index < -0.39 is 53.8 Å². The predicted octanol–water partition coefficient (Wildman–Crippen LogP) is 2.84. The molecule has 3 aromatic rings. The quantitative estimate of drug-likeness (QED) is 0.496. The molecule has 0 radical (unpaired) electrons. The maximum atomic E-state index is 13.7. The van der Waals surface area contributed by atoms with Gasteiger partial charge in [0.15, 0.2) is 17.5 Å². The van der Waals surface area contributed by atoms with Gasteiger partial charge in [0.25, 0.3) is 0 Å². The number of aromatic nitrogens is 4. The lowest BCUT2D eigenvalue weighted by Crippen LogP contribution is -2.55. The number of hydrogen-bond acceptors (Lipinski definition) is 8. The van der Waals surface area contributed by atoms with Crippen LogP contribution in [0.15, 0.2) is 41.7 Å². The summed E-state index contributed by atoms with van der Waals surface area (Å²) in [5, 5.41) is 28.9. The summed E-state index contributed by atoms with van der Waals surface area (Å²) in [5.41, 5.74) is -0.706. The van der Waals surface area contributed by atoms with E-state index in [9.17, 15) is 23.4 Å². The van der Waals surface area contributed by atoms with Crippen molar-refractivity contribution < 1.29 is 32.9 Å². The van der Waals surface area contributed by atoms with Crippen LogP contribution in [0.25, 0.3) is 11.3 Å². The highest BCUT2D eigenvalue weighted by Crippen LogP contribution is 2.39. The standard InChI is InChI=1S/C20H18ClF3N4O4S/c1-31-19-17(28-7-14(26-27-28)9-2-12(22)16(24)13(23)3-9)18(30)15(8-29)32-20(19)33-11-4-10(21)5-25-6-11/h2-7,15,17-20,29-30H,8H2,1H3. The summed E-state index contributed by atoms with van der Waals surface area (Å²) in [7, 11) is 1.42. The topological polar surface area (TPSA) is 103 Å². The van der Waals surface area contributed by atoms with Crippen molar-refractivity contribution in [2.75, 3.05) is 13.7 Å². The van der Waals surface area contributed by atoms with Crippen LogP contribution in [0, 0.1) is 17.5 Å². The SMILES string of the molecule is COC1C(Sc2cncc(Cl)c2)OC(CO)C(O)C1n1cc(-c2cc(F)c(F)c(F)c2)nn1. The maximum Gasteiger partial charge on any atom is 0.194 e. The van der Waals surface area contributed by atoms with E-state index in [1.165, 1.54) is 35.9 Å². The van der Waals surface area contributed by atoms with Crippen molar-refractivity contribution in [1.82, 2.24) is 20.0 Å². The lowest BCUT2D eigenvalue weighted by molar-refractivity contribution is -0.186. The summed E-state index contributed by atoms with van der Waals surface area (Å²) in [6, 6.07) is 2.38. The molecule has 0 spiro atoms. The zero-order valence-corrected chi connectivity index (χ0v) is 18.6. The number of pyridine rings is 1. The van der Waals surface area contributed by atoms with Crippen molar-refractivity contribution in [3.05, 3.63) is 59.3 Å². The number of ether oxygens (including phenoxy) is 2. The largest absolute Gasteiger partial charge is 0.394 e. The maximum absolute atomic E-state index is 13.7. The minimum absolute atomic E-state index is 0.0391. The van der Waals surface area contributed by atoms with Crippen LogP contribution < -0.4 is 0 Å². The summed E-state index contributed by atoms with van der Waals surface area (Å²) in [5.74, 6) is -4.33. The highest BCUT2D eigenvalue weighted by Gasteiger charge is 2.47. The van der Waals surface area contributed by atoms with Crippen LogP contribution in [0.2, 0.25) is 5.02 Å². The Labute approximate surface area is 195 Å². The van der Waals surface area contributed by atoms with Crippen molar-refractivity contribution in [1.29, 1.82) is 0 Å². The molecule has 2 N–H and O–H groups in total. The molecule has 176 valence electrons. The fraction of sp³-hybridized carbons (Fsp3) is 0.350. The zero-order chi connectivity index (χ0) is 23.7. The van der Waals surface area contributed by atoms with Gasteiger partial charge in [-0.1, -0.05) is 28.6 Å². The minimum Gasteiger partial charge on any atom is -0.394 e. The average Bonchev–Trinajstić information content (AvgIpc) is 3.27. The van der Waals surface area contributed by atoms with Crippen LogP contribution in [0.5, 0.6) is 0 Å². The predicted molar refractivity (Wildman–Crippen MR) is 112 cm³/mol. The number of halogens is 4. The molecule has 4 rings (SSSR count). The number of aliphatic hydroxyl groups excluding tert-OH is 2. The number of methoxy groups -OCH3 is 1. The molecule has 1 aliphatic rings. The molecular weight excluding hydrogens is 485 g/mol. The number of rotatable bonds is 6. The van der Waals surface area contributed by atoms with Gasteiger partial charge >= 0.3 is 0 Å². The zero-order valence-electron chi connectivity index (χ0n) is 17.0. The second-order valence-electron chi connectivity index (χ2n) is 7.20. The third kappa shape index (κ3) is 4.86. The second-order valence-corrected chi connectivity index (χ2v) is 8.81. The Balaban J connectivity index is 1.67. The second kappa shape index (κ2) is 9.95. The number of thioether (sulfide) groups is 1. The third-order valence-corrected chi connectivity index (χ3v) is 6.44. The van der Waals surface area contributed by atoms with E-state index in [0.717, 1.165) is 12.1 Å². The van der Waals surface area contributed by atoms with Crippen molar-refractivity contribution in [2.24, 2.45) is 0 Å². The monoisotopic (exact) mass is 502 g/mol. The van der Waals surface area contributed by atoms with Gasteiger partial charge in [-0.05, 0) is 18.2 Å². The lowest BCUT2D eigenvalue weighted by Gasteiger charge is -2.43. The Bertz CT molecular complexity index is 1120. The molecule has 8 nitrogen and oxygen atoms in total. The van der Waals surface area contributed by atoms with Crippen LogP contribution in [-0.2, 0) is 9.47 Å². The number of benzene rings is 1. The molecule has 2 aromatic heterocycles. The summed E-state index contributed by atoms with van der Waals surface area (Å²) < 4.78 is 53.3. The van der Waals surface area contributed by atoms with Crippen molar-refractivity contribution in [3.8, 4) is 11.3 Å². The average molecular weight is 503 g/mol. The van der Waals surface area contributed by atoms with E-state index in [2.05, 4.69) is 15.3 Å². The first-order valence-electron chi connectivity index (χ1n) is 9.63. The molecule has 1 fully saturated rings. The van der Waals surface area contributed by atoms with Gasteiger partial charge in [-0.3, -0.25) is 4.98 Å². The smallest absolute Gasteiger partial charge is 0.194 e. The highest BCUT2D eigenvalue weighted by atomic mass is 35.5. The van der Waals surface area contributed by atoms with E-state index in [1.807, 2.05) is 0 Å². The number of nitrogens with zero attached hydrogens (tertiary/aromatic N) is 4. The molecule has 13 heteroatoms. The van der Waals surface area contributed by atoms with E-state index in [4.69, 9.17) is 21.1 Å². The first kappa shape index (κ1) is 23.9. The molecule has 0 bridgehead atoms. The summed E-state index contributed by atoms with van der Waals surface area (Å²) in [6.45, 7) is -0.491. The third-order valence-electron chi connectivity index (χ3n) is 5.12. The molecule has 1 aliphatic heterocycles. The van der Waals surface area contributed by atoms with Gasteiger partial charge in [0.2, 0.25) is 0 Å². The molecule has 3 heterocycles. The number of aliphatic hydroxyl groups is 2. The van der Waals surface area contributed by atoms with Gasteiger partial charge in [-0.25, -0.2) is 17.9 Å². The van der Waals surface area contributed by atoms with Crippen LogP contribution in [0.1, 0.15) is 6.04 Å². The molecule has 1 saturated heterocycles. The first-order chi connectivity index (χ1) is 15.8. The highest BCUT2D eigenvalue weighted by molar-refractivity contribution is 7.99. The molecule has 0 amide bonds. The molecule has 5 unspecified atom stereocenters. The lowest BCUT2D eigenvalue weighted by atomic mass is 9.97. The van der Waals surface area contributed by atoms with Gasteiger partial charge < -0.3 is 19.7 Å². The molecule has 1 aromatic carbocycles. The summed E-state index contributed by atoms with van der Waals surface area (Å²) in [6.07, 6.45) is 1.36. The molecular formula is C20H18ClF3N4O4S. The fourth-order valence-electron chi connectivity index (χ4n) is 3.56. The summed E-state index contributed by atoms with van der Waals surface area (Å²) >= 11 is 7.22. The Kier molecular flexibility index (Phi) is 7.22. The molecule has 0 saturated carbocycles. The van der Waals surface area contributed by atoms with E-state index in [-0.39, 0.29) is 11.3 Å². The van der Waals surface area contributed by atoms with Crippen molar-refractivity contribution in [2.45, 2.75) is 34.7 Å². The van der Waals surface area contributed by atoms with E-state index >= 15 is 0 Å². The molecule has 5 atom stereocenters. The minimum atomic E-state index is -1.59. The fourth-order valence-corrected chi connectivity index (χ4v) is 4.99. The van der Waals surface area contributed by atoms with Crippen molar-refractivity contribution >= 4 is 23.4 Å². The Morgan fingerprint density at radius 2 is 1.94 bits per heavy atom. The van der Waals surface area contributed by atoms with Crippen molar-refractivity contribution in [3.63, 3.8) is 0 Å². The van der Waals surface area contributed by atoms with Crippen LogP contribution in [0.3, 0.4) is 0 Å².